The molecule has 0 atom stereocenters. The van der Waals surface area contributed by atoms with Crippen LogP contribution in [0.3, 0.4) is 0 Å². The van der Waals surface area contributed by atoms with Crippen molar-refractivity contribution in [2.24, 2.45) is 0 Å². The summed E-state index contributed by atoms with van der Waals surface area (Å²) in [7, 11) is -4.71. The van der Waals surface area contributed by atoms with Gasteiger partial charge in [0, 0.05) is 0 Å². The molecule has 0 spiro atoms. The molecule has 15 heavy (non-hydrogen) atoms. The van der Waals surface area contributed by atoms with Crippen molar-refractivity contribution in [1.29, 1.82) is 0 Å². The van der Waals surface area contributed by atoms with Gasteiger partial charge in [-0.05, 0) is 12.1 Å². The average molecular weight is 234 g/mol. The van der Waals surface area contributed by atoms with Gasteiger partial charge in [-0.25, -0.2) is 4.79 Å². The highest BCUT2D eigenvalue weighted by Crippen LogP contribution is 2.27. The lowest BCUT2D eigenvalue weighted by Crippen LogP contribution is -2.09. The van der Waals surface area contributed by atoms with Gasteiger partial charge >= 0.3 is 16.6 Å². The highest BCUT2D eigenvalue weighted by Gasteiger charge is 2.13. The number of benzene rings is 1. The van der Waals surface area contributed by atoms with Gasteiger partial charge in [0.05, 0.1) is 0 Å². The molecule has 7 nitrogen and oxygen atoms in total. The smallest absolute Gasteiger partial charge is 0.449 e. The number of para-hydroxylation sites is 2. The first-order valence-corrected chi connectivity index (χ1v) is 4.92. The van der Waals surface area contributed by atoms with Gasteiger partial charge in [0.15, 0.2) is 11.5 Å². The zero-order chi connectivity index (χ0) is 11.5. The summed E-state index contributed by atoms with van der Waals surface area (Å²) in [5, 5.41) is 8.30. The molecule has 82 valence electrons. The summed E-state index contributed by atoms with van der Waals surface area (Å²) in [6.45, 7) is 0. The van der Waals surface area contributed by atoms with Crippen LogP contribution in [0.5, 0.6) is 11.5 Å². The first-order valence-electron chi connectivity index (χ1n) is 3.55. The van der Waals surface area contributed by atoms with Crippen LogP contribution in [0, 0.1) is 0 Å². The molecule has 0 aliphatic heterocycles. The van der Waals surface area contributed by atoms with Crippen molar-refractivity contribution in [3.8, 4) is 11.5 Å². The maximum Gasteiger partial charge on any atom is 0.511 e. The number of hydrogen-bond acceptors (Lipinski definition) is 5. The Morgan fingerprint density at radius 2 is 1.73 bits per heavy atom. The molecule has 0 unspecified atom stereocenters. The van der Waals surface area contributed by atoms with Crippen molar-refractivity contribution in [3.05, 3.63) is 24.3 Å². The van der Waals surface area contributed by atoms with Crippen molar-refractivity contribution >= 4 is 16.6 Å². The maximum atomic E-state index is 10.4. The van der Waals surface area contributed by atoms with E-state index in [1.807, 2.05) is 0 Å². The third kappa shape index (κ3) is 3.83. The van der Waals surface area contributed by atoms with Crippen LogP contribution in [0.15, 0.2) is 24.3 Å². The zero-order valence-electron chi connectivity index (χ0n) is 7.15. The molecule has 1 rings (SSSR count). The van der Waals surface area contributed by atoms with Gasteiger partial charge in [0.2, 0.25) is 0 Å². The summed E-state index contributed by atoms with van der Waals surface area (Å²) in [6, 6.07) is 5.10. The van der Waals surface area contributed by atoms with Gasteiger partial charge in [-0.2, -0.15) is 8.42 Å². The molecule has 0 amide bonds. The Labute approximate surface area is 84.8 Å². The Morgan fingerprint density at radius 1 is 1.20 bits per heavy atom. The van der Waals surface area contributed by atoms with Gasteiger partial charge in [-0.3, -0.25) is 4.55 Å². The molecule has 0 aliphatic rings. The van der Waals surface area contributed by atoms with Crippen LogP contribution < -0.4 is 8.92 Å². The Morgan fingerprint density at radius 3 is 2.20 bits per heavy atom. The van der Waals surface area contributed by atoms with E-state index in [2.05, 4.69) is 8.92 Å². The van der Waals surface area contributed by atoms with Crippen molar-refractivity contribution in [1.82, 2.24) is 0 Å². The predicted molar refractivity (Wildman–Crippen MR) is 47.3 cm³/mol. The average Bonchev–Trinajstić information content (AvgIpc) is 2.05. The highest BCUT2D eigenvalue weighted by molar-refractivity contribution is 7.81. The number of carbonyl (C=O) groups is 1. The van der Waals surface area contributed by atoms with Crippen molar-refractivity contribution in [2.45, 2.75) is 0 Å². The molecule has 1 aromatic carbocycles. The molecule has 0 bridgehead atoms. The Kier molecular flexibility index (Phi) is 3.12. The second-order valence-electron chi connectivity index (χ2n) is 2.33. The van der Waals surface area contributed by atoms with Crippen LogP contribution in [-0.4, -0.2) is 24.2 Å². The third-order valence-electron chi connectivity index (χ3n) is 1.24. The molecule has 0 saturated carbocycles. The SMILES string of the molecule is O=C(O)Oc1ccccc1OS(=O)(=O)O. The molecule has 0 fully saturated rings. The van der Waals surface area contributed by atoms with Crippen molar-refractivity contribution in [3.63, 3.8) is 0 Å². The normalized spacial score (nSPS) is 10.7. The summed E-state index contributed by atoms with van der Waals surface area (Å²) in [5.41, 5.74) is 0. The lowest BCUT2D eigenvalue weighted by atomic mass is 10.3. The second-order valence-corrected chi connectivity index (χ2v) is 3.35. The number of carboxylic acid groups (broad SMARTS) is 1. The zero-order valence-corrected chi connectivity index (χ0v) is 7.97. The van der Waals surface area contributed by atoms with Crippen LogP contribution in [0.1, 0.15) is 0 Å². The minimum absolute atomic E-state index is 0.331. The first kappa shape index (κ1) is 11.3. The minimum atomic E-state index is -4.71. The molecule has 8 heteroatoms. The van der Waals surface area contributed by atoms with E-state index in [-0.39, 0.29) is 5.75 Å². The molecule has 1 aromatic rings. The standard InChI is InChI=1S/C7H6O7S/c8-7(9)13-5-3-1-2-4-6(5)14-15(10,11)12/h1-4H,(H,8,9)(H,10,11,12). The molecule has 2 N–H and O–H groups in total. The summed E-state index contributed by atoms with van der Waals surface area (Å²) in [4.78, 5) is 10.2. The fourth-order valence-corrected chi connectivity index (χ4v) is 1.18. The predicted octanol–water partition coefficient (Wildman–Crippen LogP) is 0.925. The molecule has 0 aromatic heterocycles. The molecule has 0 saturated heterocycles. The van der Waals surface area contributed by atoms with Gasteiger partial charge < -0.3 is 14.0 Å². The monoisotopic (exact) mass is 234 g/mol. The third-order valence-corrected chi connectivity index (χ3v) is 1.63. The second kappa shape index (κ2) is 4.15. The van der Waals surface area contributed by atoms with Gasteiger partial charge in [-0.1, -0.05) is 12.1 Å². The minimum Gasteiger partial charge on any atom is -0.449 e. The lowest BCUT2D eigenvalue weighted by molar-refractivity contribution is 0.143. The van der Waals surface area contributed by atoms with E-state index in [1.54, 1.807) is 0 Å². The number of rotatable bonds is 3. The Hall–Kier alpha value is -1.80. The fourth-order valence-electron chi connectivity index (χ4n) is 0.811. The Bertz CT molecular complexity index is 464. The van der Waals surface area contributed by atoms with Gasteiger partial charge in [0.25, 0.3) is 0 Å². The fraction of sp³-hybridized carbons (Fsp3) is 0. The van der Waals surface area contributed by atoms with E-state index in [0.717, 1.165) is 6.07 Å². The van der Waals surface area contributed by atoms with Crippen LogP contribution in [0.25, 0.3) is 0 Å². The van der Waals surface area contributed by atoms with E-state index in [1.165, 1.54) is 18.2 Å². The highest BCUT2D eigenvalue weighted by atomic mass is 32.3. The summed E-state index contributed by atoms with van der Waals surface area (Å²) in [6.07, 6.45) is -1.62. The molecule has 0 aliphatic carbocycles. The van der Waals surface area contributed by atoms with Crippen molar-refractivity contribution in [2.75, 3.05) is 0 Å². The number of hydrogen-bond donors (Lipinski definition) is 2. The van der Waals surface area contributed by atoms with Crippen LogP contribution in [-0.2, 0) is 10.4 Å². The van der Waals surface area contributed by atoms with E-state index in [0.29, 0.717) is 0 Å². The number of ether oxygens (including phenoxy) is 1. The van der Waals surface area contributed by atoms with Crippen LogP contribution in [0.2, 0.25) is 0 Å². The van der Waals surface area contributed by atoms with Crippen LogP contribution >= 0.6 is 0 Å². The Balaban J connectivity index is 3.01. The molecule has 0 heterocycles. The van der Waals surface area contributed by atoms with E-state index >= 15 is 0 Å². The van der Waals surface area contributed by atoms with E-state index in [4.69, 9.17) is 9.66 Å². The largest absolute Gasteiger partial charge is 0.511 e. The summed E-state index contributed by atoms with van der Waals surface area (Å²) >= 11 is 0. The quantitative estimate of drug-likeness (QED) is 0.454. The van der Waals surface area contributed by atoms with E-state index in [9.17, 15) is 13.2 Å². The summed E-state index contributed by atoms with van der Waals surface area (Å²) in [5.74, 6) is -0.745. The van der Waals surface area contributed by atoms with E-state index < -0.39 is 22.3 Å². The molecule has 0 radical (unpaired) electrons. The lowest BCUT2D eigenvalue weighted by Gasteiger charge is -2.06. The van der Waals surface area contributed by atoms with Crippen molar-refractivity contribution < 1.29 is 31.8 Å². The molecular weight excluding hydrogens is 228 g/mol. The molecular formula is C7H6O7S. The topological polar surface area (TPSA) is 110 Å². The van der Waals surface area contributed by atoms with Gasteiger partial charge in [-0.15, -0.1) is 0 Å². The van der Waals surface area contributed by atoms with Crippen LogP contribution in [0.4, 0.5) is 4.79 Å². The van der Waals surface area contributed by atoms with Gasteiger partial charge in [0.1, 0.15) is 0 Å². The summed E-state index contributed by atoms with van der Waals surface area (Å²) < 4.78 is 37.4. The maximum absolute atomic E-state index is 10.4. The first-order chi connectivity index (χ1) is 6.88.